The molecule has 0 spiro atoms. The van der Waals surface area contributed by atoms with E-state index in [9.17, 15) is 9.50 Å². The molecule has 0 saturated carbocycles. The fraction of sp³-hybridized carbons (Fsp3) is 0.133. The summed E-state index contributed by atoms with van der Waals surface area (Å²) in [6.07, 6.45) is 3.14. The maximum atomic E-state index is 12.8. The lowest BCUT2D eigenvalue weighted by molar-refractivity contribution is 0.105. The summed E-state index contributed by atoms with van der Waals surface area (Å²) < 4.78 is 20.7. The standard InChI is InChI=1S/C15H10BrFN4O2/c16-10-3-14(15-9(4-18)5-20-21(15)7-10)23-8-13(22)12-2-1-11(17)6-19-12/h1-3,5-7,13,22H,8H2. The van der Waals surface area contributed by atoms with Crippen LogP contribution in [0, 0.1) is 17.1 Å². The molecule has 0 fully saturated rings. The maximum absolute atomic E-state index is 12.8. The van der Waals surface area contributed by atoms with Crippen LogP contribution in [0.3, 0.4) is 0 Å². The van der Waals surface area contributed by atoms with Gasteiger partial charge in [0, 0.05) is 10.7 Å². The van der Waals surface area contributed by atoms with E-state index in [1.165, 1.54) is 22.8 Å². The molecule has 3 rings (SSSR count). The number of halogens is 2. The van der Waals surface area contributed by atoms with Gasteiger partial charge < -0.3 is 9.84 Å². The molecule has 0 saturated heterocycles. The lowest BCUT2D eigenvalue weighted by Gasteiger charge is -2.13. The van der Waals surface area contributed by atoms with Gasteiger partial charge in [-0.1, -0.05) is 0 Å². The van der Waals surface area contributed by atoms with E-state index in [1.54, 1.807) is 12.3 Å². The molecular formula is C15H10BrFN4O2. The number of aliphatic hydroxyl groups excluding tert-OH is 1. The third-order valence-electron chi connectivity index (χ3n) is 3.15. The van der Waals surface area contributed by atoms with E-state index in [-0.39, 0.29) is 6.61 Å². The van der Waals surface area contributed by atoms with Crippen molar-refractivity contribution in [3.05, 3.63) is 58.3 Å². The molecule has 23 heavy (non-hydrogen) atoms. The van der Waals surface area contributed by atoms with Crippen LogP contribution in [0.5, 0.6) is 5.75 Å². The highest BCUT2D eigenvalue weighted by Crippen LogP contribution is 2.28. The Bertz CT molecular complexity index is 889. The van der Waals surface area contributed by atoms with E-state index in [4.69, 9.17) is 10.00 Å². The van der Waals surface area contributed by atoms with Crippen LogP contribution in [0.1, 0.15) is 17.4 Å². The Morgan fingerprint density at radius 3 is 2.96 bits per heavy atom. The lowest BCUT2D eigenvalue weighted by atomic mass is 10.2. The molecule has 0 aliphatic heterocycles. The second-order valence-electron chi connectivity index (χ2n) is 4.71. The summed E-state index contributed by atoms with van der Waals surface area (Å²) in [5.41, 5.74) is 1.17. The summed E-state index contributed by atoms with van der Waals surface area (Å²) in [6.45, 7) is -0.0964. The summed E-state index contributed by atoms with van der Waals surface area (Å²) in [5, 5.41) is 23.3. The Morgan fingerprint density at radius 2 is 2.26 bits per heavy atom. The number of hydrogen-bond acceptors (Lipinski definition) is 5. The van der Waals surface area contributed by atoms with E-state index in [0.29, 0.717) is 27.0 Å². The van der Waals surface area contributed by atoms with Crippen molar-refractivity contribution in [1.82, 2.24) is 14.6 Å². The number of aromatic nitrogens is 3. The largest absolute Gasteiger partial charge is 0.488 e. The van der Waals surface area contributed by atoms with Crippen molar-refractivity contribution in [2.75, 3.05) is 6.61 Å². The van der Waals surface area contributed by atoms with Crippen molar-refractivity contribution >= 4 is 21.4 Å². The molecule has 6 nitrogen and oxygen atoms in total. The summed E-state index contributed by atoms with van der Waals surface area (Å²) in [4.78, 5) is 3.81. The monoisotopic (exact) mass is 376 g/mol. The lowest BCUT2D eigenvalue weighted by Crippen LogP contribution is -2.12. The zero-order chi connectivity index (χ0) is 16.4. The molecule has 0 radical (unpaired) electrons. The van der Waals surface area contributed by atoms with E-state index in [1.807, 2.05) is 6.07 Å². The van der Waals surface area contributed by atoms with Gasteiger partial charge in [0.2, 0.25) is 0 Å². The molecule has 0 aliphatic carbocycles. The van der Waals surface area contributed by atoms with Crippen molar-refractivity contribution in [2.24, 2.45) is 0 Å². The Morgan fingerprint density at radius 1 is 1.43 bits per heavy atom. The van der Waals surface area contributed by atoms with Gasteiger partial charge in [-0.3, -0.25) is 4.98 Å². The van der Waals surface area contributed by atoms with Gasteiger partial charge in [0.05, 0.1) is 18.1 Å². The summed E-state index contributed by atoms with van der Waals surface area (Å²) >= 11 is 3.33. The highest BCUT2D eigenvalue weighted by Gasteiger charge is 2.15. The van der Waals surface area contributed by atoms with E-state index >= 15 is 0 Å². The minimum Gasteiger partial charge on any atom is -0.488 e. The van der Waals surface area contributed by atoms with Crippen LogP contribution in [0.15, 0.2) is 41.3 Å². The highest BCUT2D eigenvalue weighted by molar-refractivity contribution is 9.10. The fourth-order valence-electron chi connectivity index (χ4n) is 2.08. The topological polar surface area (TPSA) is 83.4 Å². The number of nitrogens with zero attached hydrogens (tertiary/aromatic N) is 4. The molecule has 3 aromatic rings. The van der Waals surface area contributed by atoms with Crippen LogP contribution in [0.2, 0.25) is 0 Å². The van der Waals surface area contributed by atoms with Gasteiger partial charge >= 0.3 is 0 Å². The Labute approximate surface area is 138 Å². The first kappa shape index (κ1) is 15.4. The van der Waals surface area contributed by atoms with Crippen LogP contribution < -0.4 is 4.74 Å². The second-order valence-corrected chi connectivity index (χ2v) is 5.63. The number of nitriles is 1. The van der Waals surface area contributed by atoms with Crippen molar-refractivity contribution in [3.63, 3.8) is 0 Å². The highest BCUT2D eigenvalue weighted by atomic mass is 79.9. The third-order valence-corrected chi connectivity index (χ3v) is 3.59. The van der Waals surface area contributed by atoms with Gasteiger partial charge in [0.25, 0.3) is 0 Å². The zero-order valence-electron chi connectivity index (χ0n) is 11.6. The number of hydrogen-bond donors (Lipinski definition) is 1. The third kappa shape index (κ3) is 3.16. The summed E-state index contributed by atoms with van der Waals surface area (Å²) in [7, 11) is 0. The van der Waals surface area contributed by atoms with Gasteiger partial charge in [0.1, 0.15) is 41.4 Å². The Kier molecular flexibility index (Phi) is 4.23. The minimum absolute atomic E-state index is 0.0964. The molecule has 0 aliphatic rings. The smallest absolute Gasteiger partial charge is 0.147 e. The van der Waals surface area contributed by atoms with Gasteiger partial charge in [0.15, 0.2) is 0 Å². The van der Waals surface area contributed by atoms with Crippen LogP contribution in [-0.2, 0) is 0 Å². The van der Waals surface area contributed by atoms with Gasteiger partial charge in [-0.15, -0.1) is 0 Å². The van der Waals surface area contributed by atoms with E-state index in [2.05, 4.69) is 26.0 Å². The average Bonchev–Trinajstić information content (AvgIpc) is 2.95. The molecule has 0 amide bonds. The molecule has 3 aromatic heterocycles. The van der Waals surface area contributed by atoms with Crippen molar-refractivity contribution < 1.29 is 14.2 Å². The molecular weight excluding hydrogens is 367 g/mol. The minimum atomic E-state index is -1.02. The quantitative estimate of drug-likeness (QED) is 0.756. The van der Waals surface area contributed by atoms with Gasteiger partial charge in [-0.2, -0.15) is 10.4 Å². The summed E-state index contributed by atoms with van der Waals surface area (Å²) in [5.74, 6) is -0.0805. The van der Waals surface area contributed by atoms with Crippen LogP contribution in [-0.4, -0.2) is 26.3 Å². The SMILES string of the molecule is N#Cc1cnn2cc(Br)cc(OCC(O)c3ccc(F)cn3)c12. The van der Waals surface area contributed by atoms with E-state index < -0.39 is 11.9 Å². The van der Waals surface area contributed by atoms with Crippen LogP contribution in [0.4, 0.5) is 4.39 Å². The molecule has 3 heterocycles. The normalized spacial score (nSPS) is 12.1. The second kappa shape index (κ2) is 6.32. The predicted molar refractivity (Wildman–Crippen MR) is 82.3 cm³/mol. The van der Waals surface area contributed by atoms with Crippen molar-refractivity contribution in [1.29, 1.82) is 5.26 Å². The number of rotatable bonds is 4. The van der Waals surface area contributed by atoms with Crippen molar-refractivity contribution in [3.8, 4) is 11.8 Å². The molecule has 0 bridgehead atoms. The molecule has 1 unspecified atom stereocenters. The predicted octanol–water partition coefficient (Wildman–Crippen LogP) is 2.61. The molecule has 1 N–H and O–H groups in total. The number of pyridine rings is 2. The number of ether oxygens (including phenoxy) is 1. The number of aliphatic hydroxyl groups is 1. The number of fused-ring (bicyclic) bond motifs is 1. The Balaban J connectivity index is 1.85. The molecule has 116 valence electrons. The van der Waals surface area contributed by atoms with Crippen molar-refractivity contribution in [2.45, 2.75) is 6.10 Å². The maximum Gasteiger partial charge on any atom is 0.147 e. The van der Waals surface area contributed by atoms with E-state index in [0.717, 1.165) is 6.20 Å². The Hall–Kier alpha value is -2.50. The first-order valence-corrected chi connectivity index (χ1v) is 7.37. The molecule has 1 atom stereocenters. The van der Waals surface area contributed by atoms with Gasteiger partial charge in [-0.05, 0) is 34.1 Å². The zero-order valence-corrected chi connectivity index (χ0v) is 13.2. The first-order chi connectivity index (χ1) is 11.1. The van der Waals surface area contributed by atoms with Crippen LogP contribution >= 0.6 is 15.9 Å². The molecule has 8 heteroatoms. The average molecular weight is 377 g/mol. The summed E-state index contributed by atoms with van der Waals surface area (Å²) in [6, 6.07) is 6.33. The molecule has 0 aromatic carbocycles. The first-order valence-electron chi connectivity index (χ1n) is 6.58. The fourth-order valence-corrected chi connectivity index (χ4v) is 2.49. The van der Waals surface area contributed by atoms with Gasteiger partial charge in [-0.25, -0.2) is 8.91 Å². The van der Waals surface area contributed by atoms with Crippen LogP contribution in [0.25, 0.3) is 5.52 Å².